The number of likely N-dealkylation sites (tertiary alicyclic amines) is 1. The number of hydrogen-bond donors (Lipinski definition) is 3. The second-order valence-electron chi connectivity index (χ2n) is 9.28. The summed E-state index contributed by atoms with van der Waals surface area (Å²) in [5.41, 5.74) is 7.69. The van der Waals surface area contributed by atoms with Crippen molar-refractivity contribution in [2.75, 3.05) is 20.2 Å². The number of ether oxygens (including phenoxy) is 1. The normalized spacial score (nSPS) is 15.3. The van der Waals surface area contributed by atoms with Gasteiger partial charge < -0.3 is 15.4 Å². The highest BCUT2D eigenvalue weighted by molar-refractivity contribution is 7.89. The maximum absolute atomic E-state index is 13.5. The van der Waals surface area contributed by atoms with Crippen LogP contribution in [0.25, 0.3) is 10.8 Å². The molecule has 4 N–H and O–H groups in total. The standard InChI is InChI=1S/C28H32N4O4S/c1-19(32-14-12-22(13-15-32)28(33)36-2)26(17-20-6-5-9-24(16-20)27(29)30)31-37(34,35)25-11-10-21-7-3-4-8-23(21)18-25/h3-11,16,18,22,26,31H,1,12-15,17H2,2H3,(H3,29,30)/t26-/m0/s1. The van der Waals surface area contributed by atoms with Gasteiger partial charge in [0.05, 0.1) is 24.0 Å². The zero-order valence-corrected chi connectivity index (χ0v) is 21.6. The maximum Gasteiger partial charge on any atom is 0.308 e. The Kier molecular flexibility index (Phi) is 7.94. The van der Waals surface area contributed by atoms with E-state index in [0.717, 1.165) is 16.3 Å². The quantitative estimate of drug-likeness (QED) is 0.226. The van der Waals surface area contributed by atoms with E-state index >= 15 is 0 Å². The summed E-state index contributed by atoms with van der Waals surface area (Å²) in [7, 11) is -2.50. The van der Waals surface area contributed by atoms with Crippen molar-refractivity contribution < 1.29 is 17.9 Å². The Morgan fingerprint density at radius 2 is 1.81 bits per heavy atom. The van der Waals surface area contributed by atoms with Gasteiger partial charge in [0.1, 0.15) is 5.84 Å². The van der Waals surface area contributed by atoms with Gasteiger partial charge in [-0.3, -0.25) is 10.2 Å². The number of nitrogens with zero attached hydrogens (tertiary/aromatic N) is 1. The lowest BCUT2D eigenvalue weighted by molar-refractivity contribution is -0.146. The van der Waals surface area contributed by atoms with Gasteiger partial charge >= 0.3 is 5.97 Å². The predicted molar refractivity (Wildman–Crippen MR) is 145 cm³/mol. The molecule has 0 aromatic heterocycles. The molecule has 3 aromatic rings. The van der Waals surface area contributed by atoms with Gasteiger partial charge in [-0.15, -0.1) is 0 Å². The van der Waals surface area contributed by atoms with Gasteiger partial charge in [0.2, 0.25) is 10.0 Å². The van der Waals surface area contributed by atoms with Gasteiger partial charge in [-0.25, -0.2) is 13.1 Å². The Hall–Kier alpha value is -3.69. The highest BCUT2D eigenvalue weighted by Gasteiger charge is 2.30. The lowest BCUT2D eigenvalue weighted by atomic mass is 9.95. The molecule has 0 spiro atoms. The lowest BCUT2D eigenvalue weighted by Crippen LogP contribution is -2.45. The summed E-state index contributed by atoms with van der Waals surface area (Å²) in [6.45, 7) is 5.41. The van der Waals surface area contributed by atoms with Crippen LogP contribution in [0.4, 0.5) is 0 Å². The number of carbonyl (C=O) groups is 1. The summed E-state index contributed by atoms with van der Waals surface area (Å²) in [5, 5.41) is 9.54. The average molecular weight is 521 g/mol. The number of nitrogens with two attached hydrogens (primary N) is 1. The summed E-state index contributed by atoms with van der Waals surface area (Å²) in [4.78, 5) is 14.2. The molecule has 1 saturated heterocycles. The van der Waals surface area contributed by atoms with Crippen molar-refractivity contribution in [2.45, 2.75) is 30.2 Å². The minimum absolute atomic E-state index is 0.0566. The first-order valence-electron chi connectivity index (χ1n) is 12.1. The van der Waals surface area contributed by atoms with Gasteiger partial charge in [-0.1, -0.05) is 55.1 Å². The van der Waals surface area contributed by atoms with Crippen molar-refractivity contribution in [3.05, 3.63) is 90.1 Å². The number of carbonyl (C=O) groups excluding carboxylic acids is 1. The highest BCUT2D eigenvalue weighted by Crippen LogP contribution is 2.25. The molecule has 37 heavy (non-hydrogen) atoms. The molecule has 0 unspecified atom stereocenters. The van der Waals surface area contributed by atoms with Crippen LogP contribution in [-0.2, 0) is 26.0 Å². The van der Waals surface area contributed by atoms with E-state index in [1.54, 1.807) is 36.4 Å². The number of hydrogen-bond acceptors (Lipinski definition) is 6. The van der Waals surface area contributed by atoms with Crippen LogP contribution in [0.5, 0.6) is 0 Å². The number of esters is 1. The van der Waals surface area contributed by atoms with E-state index in [2.05, 4.69) is 11.3 Å². The minimum atomic E-state index is -3.89. The number of piperidine rings is 1. The van der Waals surface area contributed by atoms with Crippen LogP contribution in [0.1, 0.15) is 24.0 Å². The first kappa shape index (κ1) is 26.4. The van der Waals surface area contributed by atoms with Crippen molar-refractivity contribution in [1.82, 2.24) is 9.62 Å². The third kappa shape index (κ3) is 6.18. The third-order valence-electron chi connectivity index (χ3n) is 6.84. The molecule has 1 fully saturated rings. The fraction of sp³-hybridized carbons (Fsp3) is 0.286. The molecule has 1 aliphatic rings. The lowest BCUT2D eigenvalue weighted by Gasteiger charge is -2.37. The van der Waals surface area contributed by atoms with Crippen molar-refractivity contribution in [3.8, 4) is 0 Å². The van der Waals surface area contributed by atoms with Crippen molar-refractivity contribution in [1.29, 1.82) is 5.41 Å². The van der Waals surface area contributed by atoms with E-state index < -0.39 is 16.1 Å². The molecule has 1 aliphatic heterocycles. The first-order chi connectivity index (χ1) is 17.7. The molecule has 0 bridgehead atoms. The second-order valence-corrected chi connectivity index (χ2v) is 11.0. The van der Waals surface area contributed by atoms with Crippen molar-refractivity contribution in [3.63, 3.8) is 0 Å². The summed E-state index contributed by atoms with van der Waals surface area (Å²) in [6, 6.07) is 19.2. The molecule has 1 heterocycles. The summed E-state index contributed by atoms with van der Waals surface area (Å²) < 4.78 is 34.8. The Morgan fingerprint density at radius 3 is 2.49 bits per heavy atom. The SMILES string of the molecule is C=C([C@H](Cc1cccc(C(=N)N)c1)NS(=O)(=O)c1ccc2ccccc2c1)N1CCC(C(=O)OC)CC1. The van der Waals surface area contributed by atoms with Crippen LogP contribution in [0.15, 0.2) is 83.9 Å². The number of fused-ring (bicyclic) bond motifs is 1. The molecule has 0 amide bonds. The molecule has 0 saturated carbocycles. The molecular weight excluding hydrogens is 488 g/mol. The van der Waals surface area contributed by atoms with Crippen LogP contribution in [0.3, 0.4) is 0 Å². The van der Waals surface area contributed by atoms with Crippen LogP contribution in [-0.4, -0.2) is 51.4 Å². The number of amidine groups is 1. The van der Waals surface area contributed by atoms with E-state index in [0.29, 0.717) is 43.6 Å². The summed E-state index contributed by atoms with van der Waals surface area (Å²) in [5.74, 6) is -0.451. The zero-order valence-electron chi connectivity index (χ0n) is 20.8. The fourth-order valence-electron chi connectivity index (χ4n) is 4.71. The molecular formula is C28H32N4O4S. The molecule has 4 rings (SSSR count). The molecule has 9 heteroatoms. The summed E-state index contributed by atoms with van der Waals surface area (Å²) in [6.07, 6.45) is 1.54. The molecule has 3 aromatic carbocycles. The van der Waals surface area contributed by atoms with Crippen LogP contribution >= 0.6 is 0 Å². The Bertz CT molecular complexity index is 1430. The van der Waals surface area contributed by atoms with E-state index in [9.17, 15) is 13.2 Å². The van der Waals surface area contributed by atoms with Crippen LogP contribution < -0.4 is 10.5 Å². The number of methoxy groups -OCH3 is 1. The predicted octanol–water partition coefficient (Wildman–Crippen LogP) is 3.41. The minimum Gasteiger partial charge on any atom is -0.469 e. The van der Waals surface area contributed by atoms with Gasteiger partial charge in [0.15, 0.2) is 0 Å². The largest absolute Gasteiger partial charge is 0.469 e. The Balaban J connectivity index is 1.61. The fourth-order valence-corrected chi connectivity index (χ4v) is 5.97. The third-order valence-corrected chi connectivity index (χ3v) is 8.31. The van der Waals surface area contributed by atoms with Crippen molar-refractivity contribution >= 4 is 32.6 Å². The van der Waals surface area contributed by atoms with Crippen LogP contribution in [0, 0.1) is 11.3 Å². The molecule has 8 nitrogen and oxygen atoms in total. The van der Waals surface area contributed by atoms with Gasteiger partial charge in [-0.05, 0) is 53.8 Å². The van der Waals surface area contributed by atoms with Gasteiger partial charge in [0.25, 0.3) is 0 Å². The molecule has 0 radical (unpaired) electrons. The topological polar surface area (TPSA) is 126 Å². The van der Waals surface area contributed by atoms with Crippen LogP contribution in [0.2, 0.25) is 0 Å². The Morgan fingerprint density at radius 1 is 1.11 bits per heavy atom. The first-order valence-corrected chi connectivity index (χ1v) is 13.6. The molecule has 1 atom stereocenters. The van der Waals surface area contributed by atoms with E-state index in [-0.39, 0.29) is 22.6 Å². The number of sulfonamides is 1. The van der Waals surface area contributed by atoms with Crippen molar-refractivity contribution in [2.24, 2.45) is 11.7 Å². The van der Waals surface area contributed by atoms with Gasteiger partial charge in [-0.2, -0.15) is 0 Å². The highest BCUT2D eigenvalue weighted by atomic mass is 32.2. The number of benzene rings is 3. The van der Waals surface area contributed by atoms with E-state index in [4.69, 9.17) is 15.9 Å². The molecule has 0 aliphatic carbocycles. The second kappa shape index (κ2) is 11.1. The average Bonchev–Trinajstić information content (AvgIpc) is 2.91. The smallest absolute Gasteiger partial charge is 0.308 e. The molecule has 194 valence electrons. The Labute approximate surface area is 217 Å². The number of nitrogen functional groups attached to an aromatic ring is 1. The zero-order chi connectivity index (χ0) is 26.6. The maximum atomic E-state index is 13.5. The number of rotatable bonds is 9. The monoisotopic (exact) mass is 520 g/mol. The van der Waals surface area contributed by atoms with E-state index in [1.807, 2.05) is 35.2 Å². The van der Waals surface area contributed by atoms with Gasteiger partial charge in [0, 0.05) is 24.4 Å². The summed E-state index contributed by atoms with van der Waals surface area (Å²) >= 11 is 0. The van der Waals surface area contributed by atoms with E-state index in [1.165, 1.54) is 7.11 Å². The number of nitrogens with one attached hydrogen (secondary N) is 2.